The summed E-state index contributed by atoms with van der Waals surface area (Å²) in [6.45, 7) is 3.60. The molecule has 0 aliphatic rings. The molecule has 0 spiro atoms. The molecule has 0 radical (unpaired) electrons. The maximum atomic E-state index is 11.8. The second-order valence-electron chi connectivity index (χ2n) is 5.18. The van der Waals surface area contributed by atoms with E-state index in [2.05, 4.69) is 12.2 Å². The lowest BCUT2D eigenvalue weighted by atomic mass is 9.97. The Morgan fingerprint density at radius 1 is 1.25 bits per heavy atom. The van der Waals surface area contributed by atoms with E-state index in [-0.39, 0.29) is 11.8 Å². The molecule has 0 aliphatic carbocycles. The predicted octanol–water partition coefficient (Wildman–Crippen LogP) is 2.70. The summed E-state index contributed by atoms with van der Waals surface area (Å²) in [5.41, 5.74) is 7.55. The van der Waals surface area contributed by atoms with Gasteiger partial charge in [-0.25, -0.2) is 0 Å². The van der Waals surface area contributed by atoms with Gasteiger partial charge in [0.15, 0.2) is 0 Å². The standard InChI is InChI=1S/C16H26N2O2/c1-13(14-6-8-15(17)9-7-14)12-16(19)18-10-4-3-5-11-20-2/h6-9,13H,3-5,10-12,17H2,1-2H3,(H,18,19). The highest BCUT2D eigenvalue weighted by molar-refractivity contribution is 5.76. The van der Waals surface area contributed by atoms with E-state index in [1.807, 2.05) is 24.3 Å². The third kappa shape index (κ3) is 6.57. The maximum Gasteiger partial charge on any atom is 0.220 e. The van der Waals surface area contributed by atoms with Crippen molar-refractivity contribution in [1.29, 1.82) is 0 Å². The SMILES string of the molecule is COCCCCCNC(=O)CC(C)c1ccc(N)cc1. The zero-order valence-corrected chi connectivity index (χ0v) is 12.5. The van der Waals surface area contributed by atoms with E-state index in [0.29, 0.717) is 6.42 Å². The van der Waals surface area contributed by atoms with E-state index in [4.69, 9.17) is 10.5 Å². The molecule has 0 fully saturated rings. The highest BCUT2D eigenvalue weighted by Crippen LogP contribution is 2.19. The van der Waals surface area contributed by atoms with Crippen LogP contribution in [0.4, 0.5) is 5.69 Å². The number of nitrogens with two attached hydrogens (primary N) is 1. The second-order valence-corrected chi connectivity index (χ2v) is 5.18. The van der Waals surface area contributed by atoms with Gasteiger partial charge in [-0.2, -0.15) is 0 Å². The molecule has 1 aromatic rings. The number of rotatable bonds is 9. The van der Waals surface area contributed by atoms with E-state index in [9.17, 15) is 4.79 Å². The largest absolute Gasteiger partial charge is 0.399 e. The Hall–Kier alpha value is -1.55. The van der Waals surface area contributed by atoms with Crippen molar-refractivity contribution >= 4 is 11.6 Å². The van der Waals surface area contributed by atoms with Crippen molar-refractivity contribution in [3.63, 3.8) is 0 Å². The minimum Gasteiger partial charge on any atom is -0.399 e. The molecule has 0 aliphatic heterocycles. The van der Waals surface area contributed by atoms with Gasteiger partial charge in [-0.3, -0.25) is 4.79 Å². The Labute approximate surface area is 121 Å². The molecule has 4 nitrogen and oxygen atoms in total. The smallest absolute Gasteiger partial charge is 0.220 e. The number of amides is 1. The molecule has 0 saturated heterocycles. The first-order valence-corrected chi connectivity index (χ1v) is 7.24. The van der Waals surface area contributed by atoms with Gasteiger partial charge in [0.2, 0.25) is 5.91 Å². The van der Waals surface area contributed by atoms with Crippen LogP contribution in [0.3, 0.4) is 0 Å². The van der Waals surface area contributed by atoms with Crippen molar-refractivity contribution in [3.05, 3.63) is 29.8 Å². The van der Waals surface area contributed by atoms with Crippen LogP contribution in [0.5, 0.6) is 0 Å². The van der Waals surface area contributed by atoms with Crippen molar-refractivity contribution < 1.29 is 9.53 Å². The number of hydrogen-bond donors (Lipinski definition) is 2. The Balaban J connectivity index is 2.19. The molecule has 1 unspecified atom stereocenters. The number of unbranched alkanes of at least 4 members (excludes halogenated alkanes) is 2. The van der Waals surface area contributed by atoms with Gasteiger partial charge in [-0.1, -0.05) is 19.1 Å². The van der Waals surface area contributed by atoms with Gasteiger partial charge < -0.3 is 15.8 Å². The molecule has 0 bridgehead atoms. The molecule has 112 valence electrons. The number of carbonyl (C=O) groups excluding carboxylic acids is 1. The maximum absolute atomic E-state index is 11.8. The molecule has 1 atom stereocenters. The van der Waals surface area contributed by atoms with Crippen LogP contribution in [-0.4, -0.2) is 26.2 Å². The van der Waals surface area contributed by atoms with Gasteiger partial charge in [0.1, 0.15) is 0 Å². The van der Waals surface area contributed by atoms with E-state index in [1.54, 1.807) is 7.11 Å². The number of nitrogen functional groups attached to an aromatic ring is 1. The summed E-state index contributed by atoms with van der Waals surface area (Å²) in [5.74, 6) is 0.324. The second kappa shape index (κ2) is 9.37. The molecule has 1 aromatic carbocycles. The van der Waals surface area contributed by atoms with E-state index in [1.165, 1.54) is 0 Å². The molecule has 1 rings (SSSR count). The normalized spacial score (nSPS) is 12.1. The third-order valence-corrected chi connectivity index (χ3v) is 3.34. The number of methoxy groups -OCH3 is 1. The van der Waals surface area contributed by atoms with Crippen LogP contribution in [0.25, 0.3) is 0 Å². The van der Waals surface area contributed by atoms with Crippen LogP contribution < -0.4 is 11.1 Å². The molecular formula is C16H26N2O2. The number of carbonyl (C=O) groups is 1. The van der Waals surface area contributed by atoms with Crippen LogP contribution in [-0.2, 0) is 9.53 Å². The Morgan fingerprint density at radius 3 is 2.60 bits per heavy atom. The summed E-state index contributed by atoms with van der Waals surface area (Å²) in [4.78, 5) is 11.8. The van der Waals surface area contributed by atoms with Crippen LogP contribution in [0.1, 0.15) is 44.1 Å². The lowest BCUT2D eigenvalue weighted by Crippen LogP contribution is -2.25. The average molecular weight is 278 g/mol. The lowest BCUT2D eigenvalue weighted by Gasteiger charge is -2.12. The monoisotopic (exact) mass is 278 g/mol. The summed E-state index contributed by atoms with van der Waals surface area (Å²) >= 11 is 0. The summed E-state index contributed by atoms with van der Waals surface area (Å²) in [5, 5.41) is 2.97. The average Bonchev–Trinajstić information content (AvgIpc) is 2.43. The Bertz CT molecular complexity index is 390. The minimum absolute atomic E-state index is 0.112. The molecule has 1 amide bonds. The number of nitrogens with one attached hydrogen (secondary N) is 1. The number of hydrogen-bond acceptors (Lipinski definition) is 3. The fraction of sp³-hybridized carbons (Fsp3) is 0.562. The van der Waals surface area contributed by atoms with E-state index < -0.39 is 0 Å². The number of anilines is 1. The Morgan fingerprint density at radius 2 is 1.95 bits per heavy atom. The zero-order valence-electron chi connectivity index (χ0n) is 12.5. The van der Waals surface area contributed by atoms with Crippen molar-refractivity contribution in [2.45, 2.75) is 38.5 Å². The summed E-state index contributed by atoms with van der Waals surface area (Å²) < 4.78 is 4.98. The molecule has 3 N–H and O–H groups in total. The van der Waals surface area contributed by atoms with Crippen molar-refractivity contribution in [2.75, 3.05) is 26.0 Å². The Kier molecular flexibility index (Phi) is 7.73. The van der Waals surface area contributed by atoms with Gasteiger partial charge in [0.25, 0.3) is 0 Å². The molecule has 4 heteroatoms. The number of ether oxygens (including phenoxy) is 1. The molecule has 0 heterocycles. The van der Waals surface area contributed by atoms with Gasteiger partial charge >= 0.3 is 0 Å². The zero-order chi connectivity index (χ0) is 14.8. The van der Waals surface area contributed by atoms with Crippen LogP contribution in [0, 0.1) is 0 Å². The van der Waals surface area contributed by atoms with Gasteiger partial charge in [0.05, 0.1) is 0 Å². The summed E-state index contributed by atoms with van der Waals surface area (Å²) in [6, 6.07) is 7.72. The topological polar surface area (TPSA) is 64.3 Å². The lowest BCUT2D eigenvalue weighted by molar-refractivity contribution is -0.121. The third-order valence-electron chi connectivity index (χ3n) is 3.34. The van der Waals surface area contributed by atoms with Crippen LogP contribution in [0.2, 0.25) is 0 Å². The van der Waals surface area contributed by atoms with Crippen molar-refractivity contribution in [2.24, 2.45) is 0 Å². The highest BCUT2D eigenvalue weighted by Gasteiger charge is 2.10. The van der Waals surface area contributed by atoms with E-state index in [0.717, 1.165) is 43.7 Å². The quantitative estimate of drug-likeness (QED) is 0.539. The predicted molar refractivity (Wildman–Crippen MR) is 82.6 cm³/mol. The number of benzene rings is 1. The first-order valence-electron chi connectivity index (χ1n) is 7.24. The van der Waals surface area contributed by atoms with Gasteiger partial charge in [0, 0.05) is 32.4 Å². The summed E-state index contributed by atoms with van der Waals surface area (Å²) in [7, 11) is 1.71. The fourth-order valence-electron chi connectivity index (χ4n) is 2.07. The fourth-order valence-corrected chi connectivity index (χ4v) is 2.07. The van der Waals surface area contributed by atoms with E-state index >= 15 is 0 Å². The van der Waals surface area contributed by atoms with Crippen molar-refractivity contribution in [1.82, 2.24) is 5.32 Å². The molecule has 20 heavy (non-hydrogen) atoms. The highest BCUT2D eigenvalue weighted by atomic mass is 16.5. The van der Waals surface area contributed by atoms with Crippen LogP contribution >= 0.6 is 0 Å². The first kappa shape index (κ1) is 16.5. The minimum atomic E-state index is 0.112. The van der Waals surface area contributed by atoms with Crippen molar-refractivity contribution in [3.8, 4) is 0 Å². The van der Waals surface area contributed by atoms with Gasteiger partial charge in [-0.05, 0) is 42.9 Å². The molecule has 0 aromatic heterocycles. The van der Waals surface area contributed by atoms with Gasteiger partial charge in [-0.15, -0.1) is 0 Å². The molecule has 0 saturated carbocycles. The summed E-state index contributed by atoms with van der Waals surface area (Å²) in [6.07, 6.45) is 3.66. The first-order chi connectivity index (χ1) is 9.63. The van der Waals surface area contributed by atoms with Crippen LogP contribution in [0.15, 0.2) is 24.3 Å². The molecular weight excluding hydrogens is 252 g/mol.